The molecule has 0 fully saturated rings. The van der Waals surface area contributed by atoms with Crippen molar-refractivity contribution in [1.29, 1.82) is 0 Å². The summed E-state index contributed by atoms with van der Waals surface area (Å²) in [5.74, 6) is -1.48. The summed E-state index contributed by atoms with van der Waals surface area (Å²) >= 11 is 6.09. The van der Waals surface area contributed by atoms with E-state index >= 15 is 0 Å². The molecule has 1 amide bonds. The minimum Gasteiger partial charge on any atom is -0.478 e. The van der Waals surface area contributed by atoms with E-state index in [1.54, 1.807) is 42.5 Å². The van der Waals surface area contributed by atoms with Crippen LogP contribution < -0.4 is 5.32 Å². The second-order valence-electron chi connectivity index (χ2n) is 5.84. The Labute approximate surface area is 156 Å². The van der Waals surface area contributed by atoms with Crippen molar-refractivity contribution >= 4 is 29.2 Å². The highest BCUT2D eigenvalue weighted by molar-refractivity contribution is 6.30. The number of nitrogens with one attached hydrogen (secondary N) is 1. The maximum Gasteiger partial charge on any atom is 0.337 e. The van der Waals surface area contributed by atoms with Gasteiger partial charge in [0.15, 0.2) is 0 Å². The van der Waals surface area contributed by atoms with Gasteiger partial charge in [-0.3, -0.25) is 4.79 Å². The summed E-state index contributed by atoms with van der Waals surface area (Å²) in [6, 6.07) is 19.0. The van der Waals surface area contributed by atoms with Crippen LogP contribution in [0, 0.1) is 6.92 Å². The number of hydrogen-bond acceptors (Lipinski definition) is 2. The average Bonchev–Trinajstić information content (AvgIpc) is 2.64. The Morgan fingerprint density at radius 3 is 2.38 bits per heavy atom. The van der Waals surface area contributed by atoms with E-state index in [4.69, 9.17) is 11.6 Å². The monoisotopic (exact) mass is 365 g/mol. The largest absolute Gasteiger partial charge is 0.478 e. The second-order valence-corrected chi connectivity index (χ2v) is 6.28. The standard InChI is InChI=1S/C21H16ClNO3/c1-13-7-9-16(22)12-18(13)15-8-10-17(21(25)26)19(11-15)23-20(24)14-5-3-2-4-6-14/h2-12H,1H3,(H,23,24)(H,25,26). The quantitative estimate of drug-likeness (QED) is 0.662. The lowest BCUT2D eigenvalue weighted by Crippen LogP contribution is -2.14. The van der Waals surface area contributed by atoms with Crippen LogP contribution in [0.4, 0.5) is 5.69 Å². The maximum absolute atomic E-state index is 12.4. The highest BCUT2D eigenvalue weighted by Crippen LogP contribution is 2.30. The minimum absolute atomic E-state index is 0.0257. The van der Waals surface area contributed by atoms with E-state index in [-0.39, 0.29) is 17.2 Å². The fourth-order valence-corrected chi connectivity index (χ4v) is 2.86. The molecule has 0 spiro atoms. The van der Waals surface area contributed by atoms with Crippen LogP contribution in [0.1, 0.15) is 26.3 Å². The van der Waals surface area contributed by atoms with Crippen molar-refractivity contribution in [2.75, 3.05) is 5.32 Å². The fraction of sp³-hybridized carbons (Fsp3) is 0.0476. The number of anilines is 1. The average molecular weight is 366 g/mol. The van der Waals surface area contributed by atoms with Crippen molar-refractivity contribution in [2.24, 2.45) is 0 Å². The van der Waals surface area contributed by atoms with Crippen molar-refractivity contribution in [3.63, 3.8) is 0 Å². The predicted molar refractivity (Wildman–Crippen MR) is 103 cm³/mol. The van der Waals surface area contributed by atoms with Gasteiger partial charge in [-0.15, -0.1) is 0 Å². The summed E-state index contributed by atoms with van der Waals surface area (Å²) in [6.07, 6.45) is 0. The van der Waals surface area contributed by atoms with Crippen LogP contribution in [0.2, 0.25) is 5.02 Å². The van der Waals surface area contributed by atoms with Gasteiger partial charge in [0.2, 0.25) is 0 Å². The molecule has 0 radical (unpaired) electrons. The summed E-state index contributed by atoms with van der Waals surface area (Å²) in [6.45, 7) is 1.94. The molecule has 0 aliphatic heterocycles. The number of rotatable bonds is 4. The van der Waals surface area contributed by atoms with E-state index in [9.17, 15) is 14.7 Å². The molecule has 0 aliphatic rings. The third-order valence-corrected chi connectivity index (χ3v) is 4.28. The molecular formula is C21H16ClNO3. The third kappa shape index (κ3) is 3.76. The normalized spacial score (nSPS) is 10.4. The first kappa shape index (κ1) is 17.7. The highest BCUT2D eigenvalue weighted by Gasteiger charge is 2.15. The lowest BCUT2D eigenvalue weighted by Gasteiger charge is -2.13. The Hall–Kier alpha value is -3.11. The molecular weight excluding hydrogens is 350 g/mol. The molecule has 0 atom stereocenters. The lowest BCUT2D eigenvalue weighted by molar-refractivity contribution is 0.0698. The molecule has 4 nitrogen and oxygen atoms in total. The molecule has 26 heavy (non-hydrogen) atoms. The summed E-state index contributed by atoms with van der Waals surface area (Å²) in [5, 5.41) is 12.7. The Morgan fingerprint density at radius 2 is 1.69 bits per heavy atom. The molecule has 3 aromatic carbocycles. The van der Waals surface area contributed by atoms with Crippen LogP contribution in [0.3, 0.4) is 0 Å². The maximum atomic E-state index is 12.4. The molecule has 0 unspecified atom stereocenters. The van der Waals surface area contributed by atoms with Gasteiger partial charge < -0.3 is 10.4 Å². The zero-order valence-corrected chi connectivity index (χ0v) is 14.7. The van der Waals surface area contributed by atoms with E-state index in [1.165, 1.54) is 6.07 Å². The summed E-state index contributed by atoms with van der Waals surface area (Å²) < 4.78 is 0. The van der Waals surface area contributed by atoms with E-state index in [1.807, 2.05) is 25.1 Å². The number of carboxylic acids is 1. The zero-order chi connectivity index (χ0) is 18.7. The van der Waals surface area contributed by atoms with Crippen molar-refractivity contribution in [3.05, 3.63) is 88.4 Å². The first-order chi connectivity index (χ1) is 12.5. The first-order valence-electron chi connectivity index (χ1n) is 7.96. The van der Waals surface area contributed by atoms with Gasteiger partial charge in [-0.25, -0.2) is 4.79 Å². The number of carboxylic acid groups (broad SMARTS) is 1. The molecule has 5 heteroatoms. The van der Waals surface area contributed by atoms with Gasteiger partial charge in [0.25, 0.3) is 5.91 Å². The summed E-state index contributed by atoms with van der Waals surface area (Å²) in [5.41, 5.74) is 3.37. The molecule has 0 saturated carbocycles. The van der Waals surface area contributed by atoms with Gasteiger partial charge in [0.1, 0.15) is 0 Å². The van der Waals surface area contributed by atoms with Crippen molar-refractivity contribution < 1.29 is 14.7 Å². The van der Waals surface area contributed by atoms with Crippen LogP contribution >= 0.6 is 11.6 Å². The molecule has 0 aliphatic carbocycles. The number of benzene rings is 3. The van der Waals surface area contributed by atoms with Gasteiger partial charge in [0.05, 0.1) is 11.3 Å². The number of hydrogen-bond donors (Lipinski definition) is 2. The van der Waals surface area contributed by atoms with Gasteiger partial charge in [0, 0.05) is 10.6 Å². The van der Waals surface area contributed by atoms with Crippen molar-refractivity contribution in [3.8, 4) is 11.1 Å². The summed E-state index contributed by atoms with van der Waals surface area (Å²) in [7, 11) is 0. The van der Waals surface area contributed by atoms with E-state index in [2.05, 4.69) is 5.32 Å². The Kier molecular flexibility index (Phi) is 5.05. The van der Waals surface area contributed by atoms with Crippen LogP contribution in [0.25, 0.3) is 11.1 Å². The molecule has 0 aromatic heterocycles. The fourth-order valence-electron chi connectivity index (χ4n) is 2.69. The van der Waals surface area contributed by atoms with E-state index in [0.717, 1.165) is 16.7 Å². The Bertz CT molecular complexity index is 984. The molecule has 0 saturated heterocycles. The molecule has 2 N–H and O–H groups in total. The van der Waals surface area contributed by atoms with Gasteiger partial charge in [-0.05, 0) is 60.0 Å². The molecule has 0 heterocycles. The molecule has 0 bridgehead atoms. The number of halogens is 1. The van der Waals surface area contributed by atoms with Crippen molar-refractivity contribution in [2.45, 2.75) is 6.92 Å². The number of aromatic carboxylic acids is 1. The Morgan fingerprint density at radius 1 is 0.962 bits per heavy atom. The SMILES string of the molecule is Cc1ccc(Cl)cc1-c1ccc(C(=O)O)c(NC(=O)c2ccccc2)c1. The predicted octanol–water partition coefficient (Wildman–Crippen LogP) is 5.27. The van der Waals surface area contributed by atoms with Gasteiger partial charge >= 0.3 is 5.97 Å². The first-order valence-corrected chi connectivity index (χ1v) is 8.34. The van der Waals surface area contributed by atoms with Crippen LogP contribution in [-0.2, 0) is 0 Å². The second kappa shape index (κ2) is 7.42. The van der Waals surface area contributed by atoms with Crippen LogP contribution in [-0.4, -0.2) is 17.0 Å². The van der Waals surface area contributed by atoms with Gasteiger partial charge in [-0.1, -0.05) is 41.9 Å². The Balaban J connectivity index is 2.03. The molecule has 130 valence electrons. The third-order valence-electron chi connectivity index (χ3n) is 4.04. The molecule has 3 aromatic rings. The van der Waals surface area contributed by atoms with Gasteiger partial charge in [-0.2, -0.15) is 0 Å². The van der Waals surface area contributed by atoms with Crippen LogP contribution in [0.15, 0.2) is 66.7 Å². The highest BCUT2D eigenvalue weighted by atomic mass is 35.5. The topological polar surface area (TPSA) is 66.4 Å². The number of amides is 1. The zero-order valence-electron chi connectivity index (χ0n) is 14.0. The van der Waals surface area contributed by atoms with Crippen LogP contribution in [0.5, 0.6) is 0 Å². The smallest absolute Gasteiger partial charge is 0.337 e. The number of carbonyl (C=O) groups excluding carboxylic acids is 1. The minimum atomic E-state index is -1.11. The van der Waals surface area contributed by atoms with E-state index < -0.39 is 5.97 Å². The lowest BCUT2D eigenvalue weighted by atomic mass is 9.98. The molecule has 3 rings (SSSR count). The number of carbonyl (C=O) groups is 2. The van der Waals surface area contributed by atoms with E-state index in [0.29, 0.717) is 10.6 Å². The van der Waals surface area contributed by atoms with Crippen molar-refractivity contribution in [1.82, 2.24) is 0 Å². The number of aryl methyl sites for hydroxylation is 1. The summed E-state index contributed by atoms with van der Waals surface area (Å²) in [4.78, 5) is 24.0.